The Morgan fingerprint density at radius 1 is 0.769 bits per heavy atom. The maximum absolute atomic E-state index is 12.1. The lowest BCUT2D eigenvalue weighted by molar-refractivity contribution is -0.331. The molecule has 0 heterocycles. The zero-order valence-corrected chi connectivity index (χ0v) is 7.76. The Kier molecular flexibility index (Phi) is 3.73. The first-order valence-electron chi connectivity index (χ1n) is 2.38. The quantitative estimate of drug-likeness (QED) is 0.510. The van der Waals surface area contributed by atoms with Crippen molar-refractivity contribution in [3.05, 3.63) is 0 Å². The van der Waals surface area contributed by atoms with Crippen LogP contribution in [0.15, 0.2) is 0 Å². The van der Waals surface area contributed by atoms with Crippen molar-refractivity contribution in [3.8, 4) is 0 Å². The van der Waals surface area contributed by atoms with E-state index < -0.39 is 24.4 Å². The van der Waals surface area contributed by atoms with Gasteiger partial charge in [-0.2, -0.15) is 30.7 Å². The van der Waals surface area contributed by atoms with E-state index in [2.05, 4.69) is 22.5 Å². The Bertz CT molecular complexity index is 187. The third-order valence-corrected chi connectivity index (χ3v) is 2.93. The highest BCUT2D eigenvalue weighted by atomic mass is 35.9. The summed E-state index contributed by atoms with van der Waals surface area (Å²) >= 11 is 8.72. The molecule has 0 saturated carbocycles. The average molecular weight is 271 g/mol. The molecule has 13 heavy (non-hydrogen) atoms. The highest BCUT2D eigenvalue weighted by Gasteiger charge is 2.75. The van der Waals surface area contributed by atoms with Gasteiger partial charge in [-0.3, -0.25) is 0 Å². The lowest BCUT2D eigenvalue weighted by Gasteiger charge is -2.28. The number of hydrogen-bond acceptors (Lipinski definition) is 0. The van der Waals surface area contributed by atoms with Crippen LogP contribution in [0.5, 0.6) is 0 Å². The van der Waals surface area contributed by atoms with Gasteiger partial charge in [-0.15, -0.1) is 0 Å². The normalized spacial score (nSPS) is 15.2. The van der Waals surface area contributed by atoms with Crippen molar-refractivity contribution in [2.24, 2.45) is 0 Å². The van der Waals surface area contributed by atoms with Gasteiger partial charge in [-0.05, 0) is 0 Å². The van der Waals surface area contributed by atoms with Gasteiger partial charge in [0, 0.05) is 0 Å². The summed E-state index contributed by atoms with van der Waals surface area (Å²) in [5.41, 5.74) is -5.48. The van der Waals surface area contributed by atoms with E-state index in [1.165, 1.54) is 0 Å². The Labute approximate surface area is 78.3 Å². The van der Waals surface area contributed by atoms with Gasteiger partial charge in [-0.25, -0.2) is 0 Å². The zero-order valence-electron chi connectivity index (χ0n) is 5.35. The first-order valence-corrected chi connectivity index (χ1v) is 5.54. The fourth-order valence-electron chi connectivity index (χ4n) is 0.277. The van der Waals surface area contributed by atoms with Crippen molar-refractivity contribution in [1.82, 2.24) is 0 Å². The lowest BCUT2D eigenvalue weighted by Crippen LogP contribution is -2.49. The van der Waals surface area contributed by atoms with Crippen LogP contribution in [-0.2, 0) is 0 Å². The van der Waals surface area contributed by atoms with Crippen LogP contribution in [0.4, 0.5) is 30.7 Å². The second kappa shape index (κ2) is 3.59. The summed E-state index contributed by atoms with van der Waals surface area (Å²) in [5, 5.41) is 0. The molecule has 0 fully saturated rings. The van der Waals surface area contributed by atoms with Crippen LogP contribution in [0.1, 0.15) is 0 Å². The molecule has 0 aliphatic rings. The van der Waals surface area contributed by atoms with Crippen molar-refractivity contribution in [2.45, 2.75) is 17.8 Å². The van der Waals surface area contributed by atoms with E-state index in [0.29, 0.717) is 0 Å². The van der Waals surface area contributed by atoms with Gasteiger partial charge < -0.3 is 0 Å². The molecule has 0 aromatic carbocycles. The van der Waals surface area contributed by atoms with E-state index in [9.17, 15) is 30.7 Å². The lowest BCUT2D eigenvalue weighted by atomic mass is 10.3. The Hall–Kier alpha value is 0.520. The van der Waals surface area contributed by atoms with Crippen LogP contribution >= 0.6 is 29.1 Å². The molecule has 0 rings (SSSR count). The van der Waals surface area contributed by atoms with Crippen LogP contribution < -0.4 is 0 Å². The van der Waals surface area contributed by atoms with Crippen molar-refractivity contribution < 1.29 is 30.7 Å². The summed E-state index contributed by atoms with van der Waals surface area (Å²) in [4.78, 5) is 0. The van der Waals surface area contributed by atoms with Gasteiger partial charge in [0.1, 0.15) is 0 Å². The average Bonchev–Trinajstić information content (AvgIpc) is 1.84. The van der Waals surface area contributed by atoms with Crippen molar-refractivity contribution in [2.75, 3.05) is 0 Å². The van der Waals surface area contributed by atoms with Crippen LogP contribution in [0.3, 0.4) is 0 Å². The van der Waals surface area contributed by atoms with Gasteiger partial charge in [-0.1, -0.05) is 22.5 Å². The summed E-state index contributed by atoms with van der Waals surface area (Å²) in [6, 6.07) is 0. The molecule has 0 bridgehead atoms. The first kappa shape index (κ1) is 13.5. The molecule has 0 nitrogen and oxygen atoms in total. The molecular formula is C3Cl2F7P. The topological polar surface area (TPSA) is 0 Å². The summed E-state index contributed by atoms with van der Waals surface area (Å²) in [6.07, 6.45) is -6.37. The molecule has 0 spiro atoms. The second-order valence-electron chi connectivity index (χ2n) is 1.85. The molecule has 10 heteroatoms. The number of alkyl halides is 7. The third-order valence-electron chi connectivity index (χ3n) is 0.946. The van der Waals surface area contributed by atoms with Crippen LogP contribution in [-0.4, -0.2) is 17.8 Å². The summed E-state index contributed by atoms with van der Waals surface area (Å²) in [7, 11) is 0. The van der Waals surface area contributed by atoms with Crippen molar-refractivity contribution in [3.63, 3.8) is 0 Å². The molecule has 0 amide bonds. The van der Waals surface area contributed by atoms with Crippen molar-refractivity contribution >= 4 is 29.1 Å². The van der Waals surface area contributed by atoms with Crippen LogP contribution in [0.25, 0.3) is 0 Å². The minimum absolute atomic E-state index is 3.75. The highest BCUT2D eigenvalue weighted by Crippen LogP contribution is 2.68. The minimum Gasteiger partial charge on any atom is -0.192 e. The standard InChI is InChI=1S/C3Cl2F7P/c4-13(5)3(11,12)1(6,7)2(8,9)10. The smallest absolute Gasteiger partial charge is 0.192 e. The molecule has 80 valence electrons. The maximum Gasteiger partial charge on any atom is 0.460 e. The predicted molar refractivity (Wildman–Crippen MR) is 34.6 cm³/mol. The van der Waals surface area contributed by atoms with E-state index >= 15 is 0 Å². The highest BCUT2D eigenvalue weighted by molar-refractivity contribution is 8.04. The first-order chi connectivity index (χ1) is 5.44. The van der Waals surface area contributed by atoms with Gasteiger partial charge in [0.25, 0.3) is 0 Å². The van der Waals surface area contributed by atoms with Gasteiger partial charge >= 0.3 is 17.8 Å². The van der Waals surface area contributed by atoms with Gasteiger partial charge in [0.05, 0.1) is 0 Å². The third kappa shape index (κ3) is 2.30. The molecule has 0 unspecified atom stereocenters. The zero-order chi connectivity index (χ0) is 11.1. The summed E-state index contributed by atoms with van der Waals surface area (Å²) in [6.45, 7) is -3.75. The molecule has 0 aromatic heterocycles. The molecule has 0 aliphatic heterocycles. The fraction of sp³-hybridized carbons (Fsp3) is 1.00. The SMILES string of the molecule is FC(F)(F)C(F)(F)C(F)(F)P(Cl)Cl. The number of halogens is 9. The maximum atomic E-state index is 12.1. The van der Waals surface area contributed by atoms with E-state index in [4.69, 9.17) is 0 Å². The van der Waals surface area contributed by atoms with E-state index in [1.54, 1.807) is 0 Å². The molecular weight excluding hydrogens is 271 g/mol. The van der Waals surface area contributed by atoms with Crippen molar-refractivity contribution in [1.29, 1.82) is 0 Å². The van der Waals surface area contributed by atoms with Gasteiger partial charge in [0.2, 0.25) is 0 Å². The number of hydrogen-bond donors (Lipinski definition) is 0. The molecule has 0 N–H and O–H groups in total. The molecule has 0 saturated heterocycles. The number of rotatable bonds is 2. The Morgan fingerprint density at radius 2 is 1.08 bits per heavy atom. The predicted octanol–water partition coefficient (Wildman–Crippen LogP) is 4.57. The largest absolute Gasteiger partial charge is 0.460 e. The van der Waals surface area contributed by atoms with Crippen LogP contribution in [0, 0.1) is 0 Å². The minimum atomic E-state index is -6.37. The van der Waals surface area contributed by atoms with Crippen LogP contribution in [0.2, 0.25) is 0 Å². The monoisotopic (exact) mass is 270 g/mol. The van der Waals surface area contributed by atoms with E-state index in [-0.39, 0.29) is 0 Å². The second-order valence-corrected chi connectivity index (χ2v) is 5.42. The molecule has 0 aliphatic carbocycles. The Morgan fingerprint density at radius 3 is 1.15 bits per heavy atom. The fourth-order valence-corrected chi connectivity index (χ4v) is 1.25. The van der Waals surface area contributed by atoms with E-state index in [0.717, 1.165) is 0 Å². The molecule has 0 aromatic rings. The summed E-state index contributed by atoms with van der Waals surface area (Å²) in [5.74, 6) is -6.21. The van der Waals surface area contributed by atoms with E-state index in [1.807, 2.05) is 0 Å². The molecule has 0 atom stereocenters. The summed E-state index contributed by atoms with van der Waals surface area (Å²) < 4.78 is 82.2. The van der Waals surface area contributed by atoms with Gasteiger partial charge in [0.15, 0.2) is 6.63 Å². The Balaban J connectivity index is 5.04. The molecule has 0 radical (unpaired) electrons.